The fourth-order valence-electron chi connectivity index (χ4n) is 3.98. The van der Waals surface area contributed by atoms with E-state index in [-0.39, 0.29) is 5.60 Å². The molecule has 4 heteroatoms. The molecule has 1 rings (SSSR count). The Hall–Kier alpha value is -1.84. The molecule has 4 nitrogen and oxygen atoms in total. The Kier molecular flexibility index (Phi) is 10.6. The summed E-state index contributed by atoms with van der Waals surface area (Å²) in [5.74, 6) is -0.703. The monoisotopic (exact) mass is 418 g/mol. The molecule has 1 aromatic carbocycles. The van der Waals surface area contributed by atoms with Gasteiger partial charge in [0.05, 0.1) is 5.41 Å². The van der Waals surface area contributed by atoms with Crippen molar-refractivity contribution in [2.24, 2.45) is 5.41 Å². The number of ether oxygens (including phenoxy) is 1. The molecule has 0 saturated heterocycles. The number of aryl methyl sites for hydroxylation is 2. The molecule has 0 aliphatic carbocycles. The molecule has 1 N–H and O–H groups in total. The highest BCUT2D eigenvalue weighted by Crippen LogP contribution is 2.26. The van der Waals surface area contributed by atoms with Gasteiger partial charge < -0.3 is 9.84 Å². The van der Waals surface area contributed by atoms with E-state index in [9.17, 15) is 14.7 Å². The maximum absolute atomic E-state index is 11.2. The van der Waals surface area contributed by atoms with Crippen LogP contribution in [0.15, 0.2) is 12.1 Å². The van der Waals surface area contributed by atoms with Crippen molar-refractivity contribution in [1.82, 2.24) is 0 Å². The van der Waals surface area contributed by atoms with Crippen molar-refractivity contribution in [2.75, 3.05) is 0 Å². The van der Waals surface area contributed by atoms with E-state index in [0.717, 1.165) is 64.2 Å². The topological polar surface area (TPSA) is 63.6 Å². The average Bonchev–Trinajstić information content (AvgIpc) is 2.65. The van der Waals surface area contributed by atoms with Gasteiger partial charge in [-0.15, -0.1) is 0 Å². The first-order valence-electron chi connectivity index (χ1n) is 11.4. The quantitative estimate of drug-likeness (QED) is 0.258. The van der Waals surface area contributed by atoms with Gasteiger partial charge in [0.2, 0.25) is 0 Å². The Bertz CT molecular complexity index is 689. The third kappa shape index (κ3) is 8.89. The van der Waals surface area contributed by atoms with Gasteiger partial charge in [0.15, 0.2) is 0 Å². The molecule has 0 fully saturated rings. The normalized spacial score (nSPS) is 12.1. The maximum Gasteiger partial charge on any atom is 0.309 e. The molecule has 0 radical (unpaired) electrons. The lowest BCUT2D eigenvalue weighted by Gasteiger charge is -2.22. The number of hydrogen-bond donors (Lipinski definition) is 1. The lowest BCUT2D eigenvalue weighted by molar-refractivity contribution is -0.147. The smallest absolute Gasteiger partial charge is 0.309 e. The minimum atomic E-state index is -0.703. The molecule has 0 heterocycles. The van der Waals surface area contributed by atoms with Gasteiger partial charge in [0.25, 0.3) is 6.47 Å². The second-order valence-electron chi connectivity index (χ2n) is 9.93. The van der Waals surface area contributed by atoms with Crippen LogP contribution in [-0.2, 0) is 27.2 Å². The molecule has 0 saturated carbocycles. The van der Waals surface area contributed by atoms with Gasteiger partial charge in [-0.3, -0.25) is 9.59 Å². The largest absolute Gasteiger partial charge is 0.481 e. The molecule has 0 unspecified atom stereocenters. The zero-order chi connectivity index (χ0) is 22.8. The van der Waals surface area contributed by atoms with E-state index in [1.165, 1.54) is 22.3 Å². The summed E-state index contributed by atoms with van der Waals surface area (Å²) in [6.07, 6.45) is 10.3. The Morgan fingerprint density at radius 2 is 1.53 bits per heavy atom. The SMILES string of the molecule is Cc1ccc(CCCCC(C)(C)OC=O)c(C)c1CCCCCCC(C)(C)C(=O)O. The highest BCUT2D eigenvalue weighted by atomic mass is 16.5. The molecule has 0 spiro atoms. The number of rotatable bonds is 15. The number of carbonyl (C=O) groups is 2. The number of benzene rings is 1. The summed E-state index contributed by atoms with van der Waals surface area (Å²) in [6.45, 7) is 12.5. The van der Waals surface area contributed by atoms with Crippen LogP contribution in [0, 0.1) is 19.3 Å². The van der Waals surface area contributed by atoms with E-state index in [1.807, 2.05) is 27.7 Å². The number of aliphatic carboxylic acids is 1. The summed E-state index contributed by atoms with van der Waals surface area (Å²) in [7, 11) is 0. The van der Waals surface area contributed by atoms with Crippen molar-refractivity contribution in [3.8, 4) is 0 Å². The van der Waals surface area contributed by atoms with E-state index < -0.39 is 11.4 Å². The van der Waals surface area contributed by atoms with Gasteiger partial charge in [-0.05, 0) is 109 Å². The fraction of sp³-hybridized carbons (Fsp3) is 0.692. The fourth-order valence-corrected chi connectivity index (χ4v) is 3.98. The van der Waals surface area contributed by atoms with Crippen LogP contribution in [0.4, 0.5) is 0 Å². The summed E-state index contributed by atoms with van der Waals surface area (Å²) < 4.78 is 5.13. The van der Waals surface area contributed by atoms with E-state index >= 15 is 0 Å². The first-order chi connectivity index (χ1) is 14.0. The molecule has 30 heavy (non-hydrogen) atoms. The molecule has 0 atom stereocenters. The first-order valence-corrected chi connectivity index (χ1v) is 11.4. The molecule has 0 bridgehead atoms. The van der Waals surface area contributed by atoms with E-state index in [0.29, 0.717) is 6.47 Å². The highest BCUT2D eigenvalue weighted by Gasteiger charge is 2.25. The number of carboxylic acids is 1. The highest BCUT2D eigenvalue weighted by molar-refractivity contribution is 5.73. The van der Waals surface area contributed by atoms with Crippen LogP contribution < -0.4 is 0 Å². The van der Waals surface area contributed by atoms with Crippen LogP contribution in [0.5, 0.6) is 0 Å². The van der Waals surface area contributed by atoms with Gasteiger partial charge in [-0.1, -0.05) is 31.4 Å². The summed E-state index contributed by atoms with van der Waals surface area (Å²) >= 11 is 0. The second kappa shape index (κ2) is 12.1. The number of unbranched alkanes of at least 4 members (excludes halogenated alkanes) is 4. The molecule has 170 valence electrons. The molecule has 0 aliphatic rings. The number of carboxylic acid groups (broad SMARTS) is 1. The van der Waals surface area contributed by atoms with E-state index in [2.05, 4.69) is 26.0 Å². The lowest BCUT2D eigenvalue weighted by atomic mass is 9.86. The summed E-state index contributed by atoms with van der Waals surface area (Å²) in [6, 6.07) is 4.50. The summed E-state index contributed by atoms with van der Waals surface area (Å²) in [5, 5.41) is 9.20. The van der Waals surface area contributed by atoms with Crippen molar-refractivity contribution in [3.05, 3.63) is 34.4 Å². The molecule has 0 aliphatic heterocycles. The molecule has 0 aromatic heterocycles. The number of hydrogen-bond acceptors (Lipinski definition) is 3. The summed E-state index contributed by atoms with van der Waals surface area (Å²) in [4.78, 5) is 21.7. The van der Waals surface area contributed by atoms with Gasteiger partial charge in [0.1, 0.15) is 5.60 Å². The zero-order valence-corrected chi connectivity index (χ0v) is 20.0. The Morgan fingerprint density at radius 3 is 2.17 bits per heavy atom. The van der Waals surface area contributed by atoms with Gasteiger partial charge >= 0.3 is 5.97 Å². The van der Waals surface area contributed by atoms with E-state index in [4.69, 9.17) is 4.74 Å². The third-order valence-electron chi connectivity index (χ3n) is 6.34. The minimum absolute atomic E-state index is 0.380. The van der Waals surface area contributed by atoms with Crippen LogP contribution >= 0.6 is 0 Å². The predicted molar refractivity (Wildman–Crippen MR) is 123 cm³/mol. The van der Waals surface area contributed by atoms with Crippen molar-refractivity contribution in [2.45, 2.75) is 111 Å². The van der Waals surface area contributed by atoms with Crippen molar-refractivity contribution in [1.29, 1.82) is 0 Å². The summed E-state index contributed by atoms with van der Waals surface area (Å²) in [5.41, 5.74) is 4.69. The minimum Gasteiger partial charge on any atom is -0.481 e. The van der Waals surface area contributed by atoms with Crippen LogP contribution in [0.3, 0.4) is 0 Å². The standard InChI is InChI=1S/C26H42O4/c1-20-15-16-22(13-10-12-18-26(5,6)30-19-27)21(2)23(20)14-9-7-8-11-17-25(3,4)24(28)29/h15-16,19H,7-14,17-18H2,1-6H3,(H,28,29). The maximum atomic E-state index is 11.2. The molecular weight excluding hydrogens is 376 g/mol. The first kappa shape index (κ1) is 26.2. The van der Waals surface area contributed by atoms with Gasteiger partial charge in [-0.25, -0.2) is 0 Å². The Balaban J connectivity index is 2.46. The van der Waals surface area contributed by atoms with Gasteiger partial charge in [-0.2, -0.15) is 0 Å². The second-order valence-corrected chi connectivity index (χ2v) is 9.93. The van der Waals surface area contributed by atoms with E-state index in [1.54, 1.807) is 0 Å². The van der Waals surface area contributed by atoms with Crippen molar-refractivity contribution >= 4 is 12.4 Å². The number of carbonyl (C=O) groups excluding carboxylic acids is 1. The third-order valence-corrected chi connectivity index (χ3v) is 6.34. The van der Waals surface area contributed by atoms with Crippen LogP contribution in [0.1, 0.15) is 101 Å². The molecule has 0 amide bonds. The van der Waals surface area contributed by atoms with Gasteiger partial charge in [0, 0.05) is 0 Å². The van der Waals surface area contributed by atoms with Crippen LogP contribution in [0.2, 0.25) is 0 Å². The molecule has 1 aromatic rings. The Labute approximate surface area is 183 Å². The zero-order valence-electron chi connectivity index (χ0n) is 20.0. The predicted octanol–water partition coefficient (Wildman–Crippen LogP) is 6.57. The van der Waals surface area contributed by atoms with Crippen LogP contribution in [0.25, 0.3) is 0 Å². The van der Waals surface area contributed by atoms with Crippen molar-refractivity contribution in [3.63, 3.8) is 0 Å². The Morgan fingerprint density at radius 1 is 0.933 bits per heavy atom. The average molecular weight is 419 g/mol. The molecular formula is C26H42O4. The van der Waals surface area contributed by atoms with Crippen molar-refractivity contribution < 1.29 is 19.4 Å². The van der Waals surface area contributed by atoms with Crippen LogP contribution in [-0.4, -0.2) is 23.1 Å². The lowest BCUT2D eigenvalue weighted by Crippen LogP contribution is -2.23.